The monoisotopic (exact) mass is 632 g/mol. The fraction of sp³-hybridized carbons (Fsp3) is 0.263. The van der Waals surface area contributed by atoms with E-state index in [9.17, 15) is 9.59 Å². The number of fused-ring (bicyclic) bond motifs is 5. The lowest BCUT2D eigenvalue weighted by Crippen LogP contribution is -2.53. The molecule has 1 aliphatic heterocycles. The lowest BCUT2D eigenvalue weighted by Gasteiger charge is -2.37. The van der Waals surface area contributed by atoms with Crippen molar-refractivity contribution in [1.82, 2.24) is 15.2 Å². The lowest BCUT2D eigenvalue weighted by atomic mass is 9.91. The highest BCUT2D eigenvalue weighted by molar-refractivity contribution is 6.31. The largest absolute Gasteiger partial charge is 0.449 e. The van der Waals surface area contributed by atoms with Gasteiger partial charge in [-0.3, -0.25) is 4.79 Å². The Kier molecular flexibility index (Phi) is 8.28. The number of ether oxygens (including phenoxy) is 1. The predicted octanol–water partition coefficient (Wildman–Crippen LogP) is 7.04. The Bertz CT molecular complexity index is 1870. The van der Waals surface area contributed by atoms with Gasteiger partial charge in [0, 0.05) is 53.2 Å². The molecule has 1 aromatic heterocycles. The summed E-state index contributed by atoms with van der Waals surface area (Å²) in [5.74, 6) is -0.0367. The van der Waals surface area contributed by atoms with Gasteiger partial charge in [-0.15, -0.1) is 0 Å². The van der Waals surface area contributed by atoms with Crippen molar-refractivity contribution in [3.63, 3.8) is 0 Å². The van der Waals surface area contributed by atoms with Gasteiger partial charge in [0.15, 0.2) is 0 Å². The van der Waals surface area contributed by atoms with Crippen LogP contribution in [0, 0.1) is 5.92 Å². The van der Waals surface area contributed by atoms with E-state index in [2.05, 4.69) is 39.5 Å². The Hall–Kier alpha value is -4.59. The number of amides is 2. The highest BCUT2D eigenvalue weighted by atomic mass is 35.5. The van der Waals surface area contributed by atoms with Crippen LogP contribution in [0.4, 0.5) is 10.5 Å². The molecule has 0 spiro atoms. The number of aromatic amines is 1. The van der Waals surface area contributed by atoms with E-state index in [0.717, 1.165) is 62.9 Å². The molecule has 7 nitrogen and oxygen atoms in total. The van der Waals surface area contributed by atoms with Crippen LogP contribution in [-0.4, -0.2) is 61.7 Å². The molecular weight excluding hydrogens is 596 g/mol. The molecule has 2 atom stereocenters. The molecule has 1 aliphatic carbocycles. The number of carbonyl (C=O) groups is 2. The van der Waals surface area contributed by atoms with E-state index in [0.29, 0.717) is 18.0 Å². The van der Waals surface area contributed by atoms with Crippen LogP contribution in [0.5, 0.6) is 0 Å². The number of carbonyl (C=O) groups excluding carboxylic acids is 2. The summed E-state index contributed by atoms with van der Waals surface area (Å²) >= 11 is 6.45. The Morgan fingerprint density at radius 2 is 1.67 bits per heavy atom. The first kappa shape index (κ1) is 30.1. The topological polar surface area (TPSA) is 77.7 Å². The van der Waals surface area contributed by atoms with Crippen molar-refractivity contribution in [3.8, 4) is 11.1 Å². The van der Waals surface area contributed by atoms with Crippen LogP contribution in [0.1, 0.15) is 28.2 Å². The maximum absolute atomic E-state index is 14.6. The molecule has 2 heterocycles. The summed E-state index contributed by atoms with van der Waals surface area (Å²) < 4.78 is 5.92. The zero-order valence-electron chi connectivity index (χ0n) is 26.0. The van der Waals surface area contributed by atoms with Crippen molar-refractivity contribution in [2.45, 2.75) is 24.8 Å². The molecule has 46 heavy (non-hydrogen) atoms. The number of halogens is 1. The molecule has 0 radical (unpaired) electrons. The van der Waals surface area contributed by atoms with Crippen molar-refractivity contribution in [2.24, 2.45) is 5.92 Å². The molecule has 4 aromatic carbocycles. The number of anilines is 1. The summed E-state index contributed by atoms with van der Waals surface area (Å²) in [6, 6.07) is 29.3. The smallest absolute Gasteiger partial charge is 0.407 e. The maximum atomic E-state index is 14.6. The van der Waals surface area contributed by atoms with Gasteiger partial charge < -0.3 is 24.8 Å². The molecule has 0 bridgehead atoms. The molecular formula is C38H37ClN4O3. The van der Waals surface area contributed by atoms with E-state index in [-0.39, 0.29) is 24.3 Å². The van der Waals surface area contributed by atoms with Gasteiger partial charge in [0.2, 0.25) is 5.91 Å². The molecule has 2 N–H and O–H groups in total. The van der Waals surface area contributed by atoms with Crippen LogP contribution in [0.25, 0.3) is 22.0 Å². The average Bonchev–Trinajstić information content (AvgIpc) is 3.61. The molecule has 2 aliphatic rings. The second-order valence-corrected chi connectivity index (χ2v) is 13.1. The van der Waals surface area contributed by atoms with E-state index in [1.807, 2.05) is 91.9 Å². The quantitative estimate of drug-likeness (QED) is 0.192. The number of alkyl carbamates (subject to hydrolysis) is 1. The minimum absolute atomic E-state index is 0.0798. The van der Waals surface area contributed by atoms with E-state index >= 15 is 0 Å². The van der Waals surface area contributed by atoms with E-state index in [1.165, 1.54) is 0 Å². The third kappa shape index (κ3) is 5.88. The summed E-state index contributed by atoms with van der Waals surface area (Å²) in [6.45, 7) is 1.53. The first-order valence-electron chi connectivity index (χ1n) is 15.8. The fourth-order valence-electron chi connectivity index (χ4n) is 7.23. The number of H-pyrrole nitrogens is 1. The van der Waals surface area contributed by atoms with Gasteiger partial charge in [0.05, 0.1) is 0 Å². The van der Waals surface area contributed by atoms with E-state index in [4.69, 9.17) is 16.3 Å². The van der Waals surface area contributed by atoms with Crippen molar-refractivity contribution in [1.29, 1.82) is 0 Å². The van der Waals surface area contributed by atoms with Gasteiger partial charge in [0.1, 0.15) is 12.6 Å². The highest BCUT2D eigenvalue weighted by Gasteiger charge is 2.35. The Morgan fingerprint density at radius 3 is 2.41 bits per heavy atom. The number of aromatic nitrogens is 1. The second kappa shape index (κ2) is 12.7. The number of nitrogens with one attached hydrogen (secondary N) is 2. The minimum Gasteiger partial charge on any atom is -0.449 e. The third-order valence-corrected chi connectivity index (χ3v) is 9.44. The predicted molar refractivity (Wildman–Crippen MR) is 184 cm³/mol. The zero-order valence-corrected chi connectivity index (χ0v) is 26.8. The fourth-order valence-corrected chi connectivity index (χ4v) is 7.40. The molecule has 0 unspecified atom stereocenters. The lowest BCUT2D eigenvalue weighted by molar-refractivity contribution is -0.120. The molecule has 7 rings (SSSR count). The maximum Gasteiger partial charge on any atom is 0.407 e. The van der Waals surface area contributed by atoms with Gasteiger partial charge in [0.25, 0.3) is 0 Å². The highest BCUT2D eigenvalue weighted by Crippen LogP contribution is 2.44. The second-order valence-electron chi connectivity index (χ2n) is 12.6. The Labute approximate surface area is 274 Å². The van der Waals surface area contributed by atoms with Crippen LogP contribution >= 0.6 is 11.6 Å². The Morgan fingerprint density at radius 1 is 0.978 bits per heavy atom. The van der Waals surface area contributed by atoms with Crippen molar-refractivity contribution >= 4 is 40.2 Å². The van der Waals surface area contributed by atoms with Crippen molar-refractivity contribution < 1.29 is 14.3 Å². The number of hydrogen-bond donors (Lipinski definition) is 2. The Balaban J connectivity index is 1.16. The normalized spacial score (nSPS) is 16.2. The number of nitrogens with zero attached hydrogens (tertiary/aromatic N) is 2. The third-order valence-electron chi connectivity index (χ3n) is 9.21. The van der Waals surface area contributed by atoms with Gasteiger partial charge in [-0.05, 0) is 78.0 Å². The van der Waals surface area contributed by atoms with Gasteiger partial charge in [-0.2, -0.15) is 0 Å². The van der Waals surface area contributed by atoms with Crippen LogP contribution in [0.2, 0.25) is 5.02 Å². The summed E-state index contributed by atoms with van der Waals surface area (Å²) in [6.07, 6.45) is 2.45. The molecule has 234 valence electrons. The summed E-state index contributed by atoms with van der Waals surface area (Å²) in [5.41, 5.74) is 8.39. The average molecular weight is 633 g/mol. The molecule has 5 aromatic rings. The van der Waals surface area contributed by atoms with Crippen LogP contribution in [0.15, 0.2) is 97.2 Å². The van der Waals surface area contributed by atoms with Gasteiger partial charge >= 0.3 is 6.09 Å². The number of benzene rings is 4. The number of rotatable bonds is 8. The van der Waals surface area contributed by atoms with Crippen LogP contribution < -0.4 is 10.2 Å². The van der Waals surface area contributed by atoms with Gasteiger partial charge in [-0.1, -0.05) is 84.4 Å². The minimum atomic E-state index is -0.861. The first-order valence-corrected chi connectivity index (χ1v) is 16.1. The standard InChI is InChI=1S/C38H37ClN4O3/c1-42(2)21-24-17-25-15-16-27(39)19-36(25)43(22-24)37(44)35(18-26-20-40-34-14-8-7-9-28(26)34)41-38(45)46-23-33-31-12-5-3-10-29(31)30-11-4-6-13-32(30)33/h3-16,19-20,24,33,35,40H,17-18,21-23H2,1-2H3,(H,41,45)/t24-,35-/m1/s1. The zero-order chi connectivity index (χ0) is 31.8. The number of para-hydroxylation sites is 1. The van der Waals surface area contributed by atoms with E-state index < -0.39 is 12.1 Å². The molecule has 0 saturated heterocycles. The SMILES string of the molecule is CN(C)C[C@H]1Cc2ccc(Cl)cc2N(C(=O)[C@@H](Cc2c[nH]c3ccccc23)NC(=O)OCC2c3ccccc3-c3ccccc32)C1. The molecule has 8 heteroatoms. The van der Waals surface area contributed by atoms with Crippen molar-refractivity contribution in [3.05, 3.63) is 124 Å². The molecule has 2 amide bonds. The van der Waals surface area contributed by atoms with E-state index in [1.54, 1.807) is 0 Å². The molecule has 0 fully saturated rings. The van der Waals surface area contributed by atoms with Crippen LogP contribution in [-0.2, 0) is 22.4 Å². The summed E-state index contributed by atoms with van der Waals surface area (Å²) in [4.78, 5) is 35.4. The number of hydrogen-bond acceptors (Lipinski definition) is 4. The van der Waals surface area contributed by atoms with Crippen molar-refractivity contribution in [2.75, 3.05) is 38.7 Å². The van der Waals surface area contributed by atoms with Gasteiger partial charge in [-0.25, -0.2) is 4.79 Å². The summed E-state index contributed by atoms with van der Waals surface area (Å²) in [5, 5.41) is 4.57. The van der Waals surface area contributed by atoms with Crippen LogP contribution in [0.3, 0.4) is 0 Å². The first-order chi connectivity index (χ1) is 22.4. The summed E-state index contributed by atoms with van der Waals surface area (Å²) in [7, 11) is 4.09. The molecule has 0 saturated carbocycles.